The van der Waals surface area contributed by atoms with Gasteiger partial charge in [-0.05, 0) is 60.7 Å². The fourth-order valence-corrected chi connectivity index (χ4v) is 6.36. The summed E-state index contributed by atoms with van der Waals surface area (Å²) in [6, 6.07) is 16.3. The number of benzene rings is 2. The lowest BCUT2D eigenvalue weighted by atomic mass is 9.99. The smallest absolute Gasteiger partial charge is 0.178 e. The van der Waals surface area contributed by atoms with Crippen LogP contribution in [0.25, 0.3) is 0 Å². The van der Waals surface area contributed by atoms with Crippen LogP contribution in [0.15, 0.2) is 53.4 Å². The molecule has 3 rings (SSSR count). The first kappa shape index (κ1) is 26.2. The van der Waals surface area contributed by atoms with E-state index in [1.54, 1.807) is 12.1 Å². The first-order valence-corrected chi connectivity index (χ1v) is 15.1. The van der Waals surface area contributed by atoms with Crippen molar-refractivity contribution in [3.63, 3.8) is 0 Å². The van der Waals surface area contributed by atoms with E-state index in [1.165, 1.54) is 12.1 Å². The predicted molar refractivity (Wildman–Crippen MR) is 132 cm³/mol. The second-order valence-corrected chi connectivity index (χ2v) is 13.5. The Morgan fingerprint density at radius 2 is 1.79 bits per heavy atom. The van der Waals surface area contributed by atoms with Crippen molar-refractivity contribution in [3.05, 3.63) is 59.7 Å². The third kappa shape index (κ3) is 7.83. The van der Waals surface area contributed by atoms with Crippen LogP contribution in [0.1, 0.15) is 24.5 Å². The van der Waals surface area contributed by atoms with Crippen LogP contribution in [0, 0.1) is 23.2 Å². The van der Waals surface area contributed by atoms with E-state index in [2.05, 4.69) is 24.0 Å². The van der Waals surface area contributed by atoms with Gasteiger partial charge in [0.15, 0.2) is 9.84 Å². The molecule has 0 aliphatic carbocycles. The van der Waals surface area contributed by atoms with Gasteiger partial charge in [0.25, 0.3) is 0 Å². The standard InChI is InChI=1S/C25H32N2O5S2/c1-20-17-27(12-11-21-5-3-6-22(15-21)16-26)18-23(20)19-32-24-7-9-25(10-8-24)34(30,31)14-4-13-33(2,28)29/h3,5-10,15,20,23H,4,11-14,17-19H2,1-2H3/t20-,23+/m1/s1. The van der Waals surface area contributed by atoms with Gasteiger partial charge in [-0.2, -0.15) is 5.26 Å². The first-order chi connectivity index (χ1) is 16.1. The van der Waals surface area contributed by atoms with Gasteiger partial charge in [0, 0.05) is 31.8 Å². The van der Waals surface area contributed by atoms with Gasteiger partial charge in [-0.15, -0.1) is 0 Å². The van der Waals surface area contributed by atoms with Crippen LogP contribution in [-0.4, -0.2) is 65.7 Å². The summed E-state index contributed by atoms with van der Waals surface area (Å²) < 4.78 is 53.2. The Morgan fingerprint density at radius 1 is 1.06 bits per heavy atom. The summed E-state index contributed by atoms with van der Waals surface area (Å²) in [5.74, 6) is 1.14. The zero-order valence-corrected chi connectivity index (χ0v) is 21.3. The maximum absolute atomic E-state index is 12.4. The Hall–Kier alpha value is -2.41. The molecule has 7 nitrogen and oxygen atoms in total. The van der Waals surface area contributed by atoms with Gasteiger partial charge in [0.05, 0.1) is 34.6 Å². The molecule has 1 fully saturated rings. The number of likely N-dealkylation sites (tertiary alicyclic amines) is 1. The minimum absolute atomic E-state index is 0.0826. The summed E-state index contributed by atoms with van der Waals surface area (Å²) >= 11 is 0. The summed E-state index contributed by atoms with van der Waals surface area (Å²) in [7, 11) is -6.70. The first-order valence-electron chi connectivity index (χ1n) is 11.4. The number of nitrogens with zero attached hydrogens (tertiary/aromatic N) is 2. The van der Waals surface area contributed by atoms with Crippen molar-refractivity contribution >= 4 is 19.7 Å². The van der Waals surface area contributed by atoms with Gasteiger partial charge < -0.3 is 9.64 Å². The normalized spacial score (nSPS) is 19.1. The van der Waals surface area contributed by atoms with Gasteiger partial charge in [-0.25, -0.2) is 16.8 Å². The fraction of sp³-hybridized carbons (Fsp3) is 0.480. The lowest BCUT2D eigenvalue weighted by Crippen LogP contribution is -2.24. The van der Waals surface area contributed by atoms with Crippen LogP contribution in [0.5, 0.6) is 5.75 Å². The van der Waals surface area contributed by atoms with E-state index in [9.17, 15) is 16.8 Å². The number of hydrogen-bond acceptors (Lipinski definition) is 7. The molecule has 0 radical (unpaired) electrons. The van der Waals surface area contributed by atoms with Crippen LogP contribution >= 0.6 is 0 Å². The third-order valence-corrected chi connectivity index (χ3v) is 9.04. The number of ether oxygens (including phenoxy) is 1. The van der Waals surface area contributed by atoms with Crippen molar-refractivity contribution in [1.29, 1.82) is 5.26 Å². The van der Waals surface area contributed by atoms with Crippen LogP contribution < -0.4 is 4.74 Å². The molecule has 1 heterocycles. The molecule has 0 aromatic heterocycles. The molecule has 0 saturated carbocycles. The number of rotatable bonds is 11. The Morgan fingerprint density at radius 3 is 2.47 bits per heavy atom. The highest BCUT2D eigenvalue weighted by Crippen LogP contribution is 2.25. The molecule has 184 valence electrons. The molecule has 34 heavy (non-hydrogen) atoms. The molecule has 0 bridgehead atoms. The molecule has 0 unspecified atom stereocenters. The topological polar surface area (TPSA) is 105 Å². The van der Waals surface area contributed by atoms with Crippen molar-refractivity contribution < 1.29 is 21.6 Å². The average Bonchev–Trinajstić information content (AvgIpc) is 3.15. The van der Waals surface area contributed by atoms with E-state index < -0.39 is 19.7 Å². The molecule has 9 heteroatoms. The van der Waals surface area contributed by atoms with Crippen molar-refractivity contribution in [1.82, 2.24) is 4.90 Å². The lowest BCUT2D eigenvalue weighted by Gasteiger charge is -2.17. The third-order valence-electron chi connectivity index (χ3n) is 6.19. The van der Waals surface area contributed by atoms with E-state index in [0.717, 1.165) is 37.9 Å². The Labute approximate surface area is 203 Å². The van der Waals surface area contributed by atoms with Gasteiger partial charge in [-0.3, -0.25) is 0 Å². The Bertz CT molecular complexity index is 1220. The molecular weight excluding hydrogens is 472 g/mol. The maximum Gasteiger partial charge on any atom is 0.178 e. The van der Waals surface area contributed by atoms with Gasteiger partial charge in [0.1, 0.15) is 15.6 Å². The number of sulfone groups is 2. The van der Waals surface area contributed by atoms with Crippen molar-refractivity contribution in [2.45, 2.75) is 24.7 Å². The SMILES string of the molecule is C[C@@H]1CN(CCc2cccc(C#N)c2)C[C@H]1COc1ccc(S(=O)(=O)CCCS(C)(=O)=O)cc1. The Balaban J connectivity index is 1.47. The summed E-state index contributed by atoms with van der Waals surface area (Å²) in [5, 5.41) is 9.06. The van der Waals surface area contributed by atoms with Gasteiger partial charge in [0.2, 0.25) is 0 Å². The molecule has 0 amide bonds. The quantitative estimate of drug-likeness (QED) is 0.463. The highest BCUT2D eigenvalue weighted by atomic mass is 32.2. The van der Waals surface area contributed by atoms with E-state index in [1.807, 2.05) is 18.2 Å². The molecule has 1 aliphatic rings. The molecule has 2 aromatic carbocycles. The summed E-state index contributed by atoms with van der Waals surface area (Å²) in [5.41, 5.74) is 1.85. The van der Waals surface area contributed by atoms with E-state index in [4.69, 9.17) is 10.00 Å². The largest absolute Gasteiger partial charge is 0.493 e. The van der Waals surface area contributed by atoms with Crippen LogP contribution in [0.4, 0.5) is 0 Å². The van der Waals surface area contributed by atoms with Crippen LogP contribution in [-0.2, 0) is 26.1 Å². The minimum atomic E-state index is -3.52. The molecule has 2 aromatic rings. The van der Waals surface area contributed by atoms with E-state index in [-0.39, 0.29) is 22.8 Å². The molecular formula is C25H32N2O5S2. The van der Waals surface area contributed by atoms with Gasteiger partial charge >= 0.3 is 0 Å². The second kappa shape index (κ2) is 11.3. The predicted octanol–water partition coefficient (Wildman–Crippen LogP) is 2.96. The second-order valence-electron chi connectivity index (χ2n) is 9.14. The summed E-state index contributed by atoms with van der Waals surface area (Å²) in [6.45, 7) is 5.64. The highest BCUT2D eigenvalue weighted by Gasteiger charge is 2.29. The molecule has 0 spiro atoms. The van der Waals surface area contributed by atoms with Gasteiger partial charge in [-0.1, -0.05) is 19.1 Å². The van der Waals surface area contributed by atoms with Crippen LogP contribution in [0.3, 0.4) is 0 Å². The average molecular weight is 505 g/mol. The molecule has 1 saturated heterocycles. The van der Waals surface area contributed by atoms with Crippen molar-refractivity contribution in [2.75, 3.05) is 44.0 Å². The molecule has 0 N–H and O–H groups in total. The monoisotopic (exact) mass is 504 g/mol. The lowest BCUT2D eigenvalue weighted by molar-refractivity contribution is 0.225. The highest BCUT2D eigenvalue weighted by molar-refractivity contribution is 7.92. The summed E-state index contributed by atoms with van der Waals surface area (Å²) in [6.07, 6.45) is 2.08. The molecule has 1 aliphatic heterocycles. The maximum atomic E-state index is 12.4. The van der Waals surface area contributed by atoms with E-state index >= 15 is 0 Å². The van der Waals surface area contributed by atoms with Crippen molar-refractivity contribution in [3.8, 4) is 11.8 Å². The van der Waals surface area contributed by atoms with E-state index in [0.29, 0.717) is 29.8 Å². The summed E-state index contributed by atoms with van der Waals surface area (Å²) in [4.78, 5) is 2.60. The van der Waals surface area contributed by atoms with Crippen molar-refractivity contribution in [2.24, 2.45) is 11.8 Å². The fourth-order valence-electron chi connectivity index (χ4n) is 4.20. The minimum Gasteiger partial charge on any atom is -0.493 e. The van der Waals surface area contributed by atoms with Crippen LogP contribution in [0.2, 0.25) is 0 Å². The molecule has 2 atom stereocenters. The number of nitriles is 1. The zero-order valence-electron chi connectivity index (χ0n) is 19.7. The zero-order chi connectivity index (χ0) is 24.8. The number of hydrogen-bond donors (Lipinski definition) is 0. The Kier molecular flexibility index (Phi) is 8.74.